The van der Waals surface area contributed by atoms with Crippen LogP contribution in [-0.2, 0) is 28.2 Å². The number of ether oxygens (including phenoxy) is 2. The van der Waals surface area contributed by atoms with Crippen LogP contribution in [-0.4, -0.2) is 41.0 Å². The lowest BCUT2D eigenvalue weighted by Gasteiger charge is -2.18. The fourth-order valence-corrected chi connectivity index (χ4v) is 4.67. The fraction of sp³-hybridized carbons (Fsp3) is 0.931. The van der Waals surface area contributed by atoms with E-state index in [2.05, 4.69) is 18.4 Å². The molecule has 0 aliphatic rings. The first kappa shape index (κ1) is 37.0. The van der Waals surface area contributed by atoms with Crippen LogP contribution in [0.15, 0.2) is 0 Å². The highest BCUT2D eigenvalue weighted by atomic mass is 31.2. The zero-order chi connectivity index (χ0) is 28.3. The second kappa shape index (κ2) is 26.3. The zero-order valence-corrected chi connectivity index (χ0v) is 25.2. The molecule has 0 aromatic rings. The molecular formula is C29H57O8P. The minimum atomic E-state index is -4.73. The molecule has 0 saturated heterocycles. The van der Waals surface area contributed by atoms with Gasteiger partial charge >= 0.3 is 19.8 Å². The molecule has 0 saturated carbocycles. The zero-order valence-electron chi connectivity index (χ0n) is 24.3. The van der Waals surface area contributed by atoms with Gasteiger partial charge in [-0.05, 0) is 12.8 Å². The largest absolute Gasteiger partial charge is 0.469 e. The second-order valence-corrected chi connectivity index (χ2v) is 11.7. The molecule has 2 N–H and O–H groups in total. The van der Waals surface area contributed by atoms with Gasteiger partial charge in [0.2, 0.25) is 0 Å². The summed E-state index contributed by atoms with van der Waals surface area (Å²) in [5, 5.41) is 0. The van der Waals surface area contributed by atoms with Gasteiger partial charge in [0.1, 0.15) is 6.61 Å². The summed E-state index contributed by atoms with van der Waals surface area (Å²) < 4.78 is 26.0. The highest BCUT2D eigenvalue weighted by molar-refractivity contribution is 7.46. The molecule has 0 aliphatic carbocycles. The van der Waals surface area contributed by atoms with Gasteiger partial charge in [-0.1, -0.05) is 129 Å². The molecule has 0 amide bonds. The summed E-state index contributed by atoms with van der Waals surface area (Å²) >= 11 is 0. The third-order valence-corrected chi connectivity index (χ3v) is 7.11. The lowest BCUT2D eigenvalue weighted by atomic mass is 10.0. The molecule has 0 fully saturated rings. The number of phosphoric ester groups is 1. The van der Waals surface area contributed by atoms with Gasteiger partial charge in [0.25, 0.3) is 0 Å². The van der Waals surface area contributed by atoms with Crippen molar-refractivity contribution in [2.75, 3.05) is 13.2 Å². The standard InChI is InChI=1S/C29H57O8P/c1-3-5-7-9-11-12-13-14-15-16-18-19-21-23-28(30)35-25-27(26-36-38(32,33)34)37-29(31)24-22-20-17-10-8-6-4-2/h27H,3-26H2,1-2H3,(H2,32,33,34)/t27-/m1/s1. The van der Waals surface area contributed by atoms with Gasteiger partial charge in [-0.3, -0.25) is 14.1 Å². The molecule has 0 heterocycles. The molecule has 226 valence electrons. The van der Waals surface area contributed by atoms with Gasteiger partial charge in [0.05, 0.1) is 6.61 Å². The van der Waals surface area contributed by atoms with Crippen molar-refractivity contribution in [3.8, 4) is 0 Å². The summed E-state index contributed by atoms with van der Waals surface area (Å²) in [7, 11) is -4.73. The average molecular weight is 565 g/mol. The van der Waals surface area contributed by atoms with E-state index in [-0.39, 0.29) is 19.4 Å². The SMILES string of the molecule is CCCCCCCCCCCCCCCC(=O)OC[C@H](COP(=O)(O)O)OC(=O)CCCCCCCCC. The molecule has 0 aromatic carbocycles. The third kappa shape index (κ3) is 28.1. The smallest absolute Gasteiger partial charge is 0.462 e. The first-order valence-corrected chi connectivity index (χ1v) is 16.9. The average Bonchev–Trinajstić information content (AvgIpc) is 2.87. The molecular weight excluding hydrogens is 507 g/mol. The van der Waals surface area contributed by atoms with Crippen LogP contribution in [0.3, 0.4) is 0 Å². The molecule has 0 aliphatic heterocycles. The van der Waals surface area contributed by atoms with Crippen molar-refractivity contribution in [1.82, 2.24) is 0 Å². The molecule has 0 radical (unpaired) electrons. The van der Waals surface area contributed by atoms with E-state index in [1.807, 2.05) is 0 Å². The molecule has 38 heavy (non-hydrogen) atoms. The summed E-state index contributed by atoms with van der Waals surface area (Å²) in [4.78, 5) is 42.2. The van der Waals surface area contributed by atoms with Gasteiger partial charge in [-0.25, -0.2) is 4.57 Å². The molecule has 9 heteroatoms. The normalized spacial score (nSPS) is 12.4. The van der Waals surface area contributed by atoms with E-state index >= 15 is 0 Å². The predicted octanol–water partition coefficient (Wildman–Crippen LogP) is 8.17. The van der Waals surface area contributed by atoms with Crippen molar-refractivity contribution in [3.05, 3.63) is 0 Å². The molecule has 0 aromatic heterocycles. The minimum Gasteiger partial charge on any atom is -0.462 e. The van der Waals surface area contributed by atoms with Crippen LogP contribution < -0.4 is 0 Å². The van der Waals surface area contributed by atoms with E-state index in [4.69, 9.17) is 19.3 Å². The highest BCUT2D eigenvalue weighted by Gasteiger charge is 2.22. The lowest BCUT2D eigenvalue weighted by Crippen LogP contribution is -2.29. The third-order valence-electron chi connectivity index (χ3n) is 6.63. The maximum atomic E-state index is 12.2. The van der Waals surface area contributed by atoms with Crippen LogP contribution >= 0.6 is 7.82 Å². The number of hydrogen-bond donors (Lipinski definition) is 2. The summed E-state index contributed by atoms with van der Waals surface area (Å²) in [6, 6.07) is 0. The number of phosphoric acid groups is 1. The summed E-state index contributed by atoms with van der Waals surface area (Å²) in [5.41, 5.74) is 0. The maximum absolute atomic E-state index is 12.2. The van der Waals surface area contributed by atoms with E-state index in [1.165, 1.54) is 83.5 Å². The molecule has 1 atom stereocenters. The van der Waals surface area contributed by atoms with Crippen LogP contribution in [0.4, 0.5) is 0 Å². The minimum absolute atomic E-state index is 0.215. The summed E-state index contributed by atoms with van der Waals surface area (Å²) in [5.74, 6) is -0.886. The van der Waals surface area contributed by atoms with E-state index in [0.717, 1.165) is 38.5 Å². The van der Waals surface area contributed by atoms with Crippen molar-refractivity contribution in [2.24, 2.45) is 0 Å². The van der Waals surface area contributed by atoms with E-state index < -0.39 is 32.5 Å². The number of esters is 2. The Balaban J connectivity index is 3.98. The molecule has 0 bridgehead atoms. The Morgan fingerprint density at radius 3 is 1.34 bits per heavy atom. The van der Waals surface area contributed by atoms with Crippen molar-refractivity contribution in [3.63, 3.8) is 0 Å². The van der Waals surface area contributed by atoms with Crippen LogP contribution in [0.5, 0.6) is 0 Å². The maximum Gasteiger partial charge on any atom is 0.469 e. The van der Waals surface area contributed by atoms with E-state index in [9.17, 15) is 14.2 Å². The van der Waals surface area contributed by atoms with Crippen molar-refractivity contribution in [1.29, 1.82) is 0 Å². The Hall–Kier alpha value is -0.950. The summed E-state index contributed by atoms with van der Waals surface area (Å²) in [6.07, 6.45) is 22.8. The van der Waals surface area contributed by atoms with Gasteiger partial charge in [-0.2, -0.15) is 0 Å². The Bertz CT molecular complexity index is 607. The monoisotopic (exact) mass is 564 g/mol. The van der Waals surface area contributed by atoms with Gasteiger partial charge in [0.15, 0.2) is 6.10 Å². The van der Waals surface area contributed by atoms with E-state index in [1.54, 1.807) is 0 Å². The number of carbonyl (C=O) groups excluding carboxylic acids is 2. The number of unbranched alkanes of at least 4 members (excludes halogenated alkanes) is 18. The summed E-state index contributed by atoms with van der Waals surface area (Å²) in [6.45, 7) is 3.60. The van der Waals surface area contributed by atoms with Crippen LogP contribution in [0, 0.1) is 0 Å². The van der Waals surface area contributed by atoms with Crippen molar-refractivity contribution in [2.45, 2.75) is 161 Å². The van der Waals surface area contributed by atoms with Gasteiger partial charge < -0.3 is 19.3 Å². The Morgan fingerprint density at radius 1 is 0.579 bits per heavy atom. The Labute approximate surface area is 232 Å². The van der Waals surface area contributed by atoms with Crippen LogP contribution in [0.2, 0.25) is 0 Å². The first-order valence-electron chi connectivity index (χ1n) is 15.3. The van der Waals surface area contributed by atoms with Crippen LogP contribution in [0.25, 0.3) is 0 Å². The fourth-order valence-electron chi connectivity index (χ4n) is 4.31. The van der Waals surface area contributed by atoms with Crippen LogP contribution in [0.1, 0.15) is 155 Å². The number of carbonyl (C=O) groups is 2. The van der Waals surface area contributed by atoms with Gasteiger partial charge in [-0.15, -0.1) is 0 Å². The highest BCUT2D eigenvalue weighted by Crippen LogP contribution is 2.35. The van der Waals surface area contributed by atoms with Gasteiger partial charge in [0, 0.05) is 12.8 Å². The Kier molecular flexibility index (Phi) is 25.6. The first-order chi connectivity index (χ1) is 18.3. The van der Waals surface area contributed by atoms with Crippen molar-refractivity contribution < 1.29 is 37.9 Å². The molecule has 0 unspecified atom stereocenters. The molecule has 0 spiro atoms. The lowest BCUT2D eigenvalue weighted by molar-refractivity contribution is -0.161. The topological polar surface area (TPSA) is 119 Å². The Morgan fingerprint density at radius 2 is 0.947 bits per heavy atom. The second-order valence-electron chi connectivity index (χ2n) is 10.4. The van der Waals surface area contributed by atoms with Crippen molar-refractivity contribution >= 4 is 19.8 Å². The number of hydrogen-bond acceptors (Lipinski definition) is 6. The quantitative estimate of drug-likeness (QED) is 0.0555. The molecule has 0 rings (SSSR count). The molecule has 8 nitrogen and oxygen atoms in total. The van der Waals surface area contributed by atoms with E-state index in [0.29, 0.717) is 6.42 Å². The predicted molar refractivity (Wildman–Crippen MR) is 152 cm³/mol. The number of rotatable bonds is 28.